The van der Waals surface area contributed by atoms with Crippen LogP contribution in [0.4, 0.5) is 0 Å². The van der Waals surface area contributed by atoms with Crippen LogP contribution in [0.15, 0.2) is 43.0 Å². The van der Waals surface area contributed by atoms with E-state index in [0.29, 0.717) is 18.8 Å². The Balaban J connectivity index is 2.45. The van der Waals surface area contributed by atoms with Gasteiger partial charge in [0.25, 0.3) is 0 Å². The molecule has 0 spiro atoms. The molecule has 1 aromatic rings. The van der Waals surface area contributed by atoms with Gasteiger partial charge in [-0.25, -0.2) is 0 Å². The first kappa shape index (κ1) is 12.9. The lowest BCUT2D eigenvalue weighted by Gasteiger charge is -2.20. The molecule has 1 aromatic carbocycles. The highest BCUT2D eigenvalue weighted by molar-refractivity contribution is 5.16. The van der Waals surface area contributed by atoms with Crippen molar-refractivity contribution in [1.29, 1.82) is 0 Å². The van der Waals surface area contributed by atoms with Crippen LogP contribution in [0.25, 0.3) is 0 Å². The van der Waals surface area contributed by atoms with Crippen molar-refractivity contribution in [3.05, 3.63) is 48.6 Å². The van der Waals surface area contributed by atoms with Crippen LogP contribution in [0, 0.1) is 5.92 Å². The highest BCUT2D eigenvalue weighted by atomic mass is 16.3. The van der Waals surface area contributed by atoms with Gasteiger partial charge in [-0.3, -0.25) is 0 Å². The van der Waals surface area contributed by atoms with E-state index in [9.17, 15) is 5.11 Å². The number of nitrogens with two attached hydrogens (primary N) is 1. The van der Waals surface area contributed by atoms with Crippen LogP contribution in [-0.4, -0.2) is 17.3 Å². The summed E-state index contributed by atoms with van der Waals surface area (Å²) in [7, 11) is 0. The summed E-state index contributed by atoms with van der Waals surface area (Å²) < 4.78 is 0. The molecule has 0 radical (unpaired) electrons. The summed E-state index contributed by atoms with van der Waals surface area (Å²) in [4.78, 5) is 0. The van der Waals surface area contributed by atoms with Gasteiger partial charge in [0.05, 0.1) is 6.10 Å². The molecule has 88 valence electrons. The summed E-state index contributed by atoms with van der Waals surface area (Å²) in [5.41, 5.74) is 7.13. The number of benzene rings is 1. The number of hydrogen-bond acceptors (Lipinski definition) is 2. The molecular formula is C14H21NO. The zero-order chi connectivity index (χ0) is 12.0. The van der Waals surface area contributed by atoms with Gasteiger partial charge >= 0.3 is 0 Å². The highest BCUT2D eigenvalue weighted by Crippen LogP contribution is 2.12. The minimum atomic E-state index is -0.465. The third-order valence-corrected chi connectivity index (χ3v) is 2.82. The van der Waals surface area contributed by atoms with Gasteiger partial charge in [-0.05, 0) is 24.3 Å². The van der Waals surface area contributed by atoms with Gasteiger partial charge in [0.15, 0.2) is 0 Å². The molecule has 1 rings (SSSR count). The van der Waals surface area contributed by atoms with Crippen LogP contribution < -0.4 is 5.73 Å². The Morgan fingerprint density at radius 1 is 1.38 bits per heavy atom. The van der Waals surface area contributed by atoms with E-state index >= 15 is 0 Å². The summed E-state index contributed by atoms with van der Waals surface area (Å²) in [6.45, 7) is 5.74. The molecule has 2 heteroatoms. The molecule has 0 aliphatic heterocycles. The van der Waals surface area contributed by atoms with Crippen molar-refractivity contribution in [2.75, 3.05) is 0 Å². The van der Waals surface area contributed by atoms with E-state index in [4.69, 9.17) is 5.73 Å². The molecular weight excluding hydrogens is 198 g/mol. The maximum absolute atomic E-state index is 9.91. The molecule has 3 unspecified atom stereocenters. The van der Waals surface area contributed by atoms with Crippen LogP contribution in [-0.2, 0) is 6.42 Å². The van der Waals surface area contributed by atoms with Crippen LogP contribution in [0.2, 0.25) is 0 Å². The third kappa shape index (κ3) is 4.17. The molecule has 2 nitrogen and oxygen atoms in total. The summed E-state index contributed by atoms with van der Waals surface area (Å²) >= 11 is 0. The molecule has 0 heterocycles. The number of hydrogen-bond donors (Lipinski definition) is 2. The Bertz CT molecular complexity index is 310. The predicted octanol–water partition coefficient (Wildman–Crippen LogP) is 2.13. The van der Waals surface area contributed by atoms with Crippen LogP contribution in [0.3, 0.4) is 0 Å². The van der Waals surface area contributed by atoms with Crippen LogP contribution in [0.1, 0.15) is 18.9 Å². The monoisotopic (exact) mass is 219 g/mol. The fraction of sp³-hybridized carbons (Fsp3) is 0.429. The second kappa shape index (κ2) is 6.46. The second-order valence-electron chi connectivity index (χ2n) is 4.37. The van der Waals surface area contributed by atoms with Crippen molar-refractivity contribution in [3.8, 4) is 0 Å². The average Bonchev–Trinajstić information content (AvgIpc) is 2.30. The van der Waals surface area contributed by atoms with E-state index in [2.05, 4.69) is 6.58 Å². The van der Waals surface area contributed by atoms with Gasteiger partial charge in [-0.2, -0.15) is 0 Å². The van der Waals surface area contributed by atoms with E-state index in [1.165, 1.54) is 5.56 Å². The number of aliphatic hydroxyl groups is 1. The second-order valence-corrected chi connectivity index (χ2v) is 4.37. The highest BCUT2D eigenvalue weighted by Gasteiger charge is 2.16. The first-order valence-corrected chi connectivity index (χ1v) is 5.73. The Hall–Kier alpha value is -1.12. The van der Waals surface area contributed by atoms with E-state index in [0.717, 1.165) is 0 Å². The van der Waals surface area contributed by atoms with Crippen molar-refractivity contribution in [2.45, 2.75) is 31.9 Å². The lowest BCUT2D eigenvalue weighted by atomic mass is 9.95. The fourth-order valence-corrected chi connectivity index (χ4v) is 1.67. The largest absolute Gasteiger partial charge is 0.391 e. The molecule has 0 bridgehead atoms. The minimum Gasteiger partial charge on any atom is -0.391 e. The van der Waals surface area contributed by atoms with E-state index in [-0.39, 0.29) is 6.04 Å². The molecule has 0 amide bonds. The summed E-state index contributed by atoms with van der Waals surface area (Å²) in [5, 5.41) is 9.91. The molecule has 3 N–H and O–H groups in total. The minimum absolute atomic E-state index is 0.204. The van der Waals surface area contributed by atoms with Gasteiger partial charge in [-0.15, -0.1) is 6.58 Å². The molecule has 0 aromatic heterocycles. The third-order valence-electron chi connectivity index (χ3n) is 2.82. The Kier molecular flexibility index (Phi) is 5.23. The van der Waals surface area contributed by atoms with Gasteiger partial charge in [0.1, 0.15) is 0 Å². The number of rotatable bonds is 6. The topological polar surface area (TPSA) is 46.2 Å². The summed E-state index contributed by atoms with van der Waals surface area (Å²) in [6.07, 6.45) is 2.77. The zero-order valence-electron chi connectivity index (χ0n) is 9.84. The van der Waals surface area contributed by atoms with Gasteiger partial charge < -0.3 is 10.8 Å². The quantitative estimate of drug-likeness (QED) is 0.720. The lowest BCUT2D eigenvalue weighted by molar-refractivity contribution is 0.124. The smallest absolute Gasteiger partial charge is 0.0699 e. The maximum atomic E-state index is 9.91. The standard InChI is InChI=1S/C14H21NO/c1-3-11(2)9-14(16)13(15)10-12-7-5-4-6-8-12/h3-8,11,13-14,16H,1,9-10,15H2,2H3. The SMILES string of the molecule is C=CC(C)CC(O)C(N)Cc1ccccc1. The van der Waals surface area contributed by atoms with E-state index < -0.39 is 6.10 Å². The van der Waals surface area contributed by atoms with Crippen molar-refractivity contribution in [1.82, 2.24) is 0 Å². The van der Waals surface area contributed by atoms with Crippen molar-refractivity contribution in [2.24, 2.45) is 11.7 Å². The van der Waals surface area contributed by atoms with Crippen LogP contribution in [0.5, 0.6) is 0 Å². The average molecular weight is 219 g/mol. The summed E-state index contributed by atoms with van der Waals surface area (Å²) in [6, 6.07) is 9.81. The molecule has 0 saturated carbocycles. The maximum Gasteiger partial charge on any atom is 0.0699 e. The molecule has 0 aliphatic rings. The first-order chi connectivity index (χ1) is 7.63. The molecule has 0 aliphatic carbocycles. The number of allylic oxidation sites excluding steroid dienone is 1. The zero-order valence-corrected chi connectivity index (χ0v) is 9.84. The Morgan fingerprint density at radius 3 is 2.56 bits per heavy atom. The Labute approximate surface area is 97.8 Å². The van der Waals surface area contributed by atoms with E-state index in [1.54, 1.807) is 0 Å². The first-order valence-electron chi connectivity index (χ1n) is 5.73. The molecule has 16 heavy (non-hydrogen) atoms. The van der Waals surface area contributed by atoms with E-state index in [1.807, 2.05) is 43.3 Å². The normalized spacial score (nSPS) is 16.4. The molecule has 0 saturated heterocycles. The predicted molar refractivity (Wildman–Crippen MR) is 68.1 cm³/mol. The van der Waals surface area contributed by atoms with Crippen molar-refractivity contribution in [3.63, 3.8) is 0 Å². The lowest BCUT2D eigenvalue weighted by Crippen LogP contribution is -2.37. The van der Waals surface area contributed by atoms with Crippen LogP contribution >= 0.6 is 0 Å². The Morgan fingerprint density at radius 2 is 2.00 bits per heavy atom. The van der Waals surface area contributed by atoms with Crippen molar-refractivity contribution >= 4 is 0 Å². The summed E-state index contributed by atoms with van der Waals surface area (Å²) in [5.74, 6) is 0.303. The number of aliphatic hydroxyl groups excluding tert-OH is 1. The van der Waals surface area contributed by atoms with Gasteiger partial charge in [-0.1, -0.05) is 43.3 Å². The molecule has 0 fully saturated rings. The van der Waals surface area contributed by atoms with Gasteiger partial charge in [0, 0.05) is 6.04 Å². The fourth-order valence-electron chi connectivity index (χ4n) is 1.67. The molecule has 3 atom stereocenters. The van der Waals surface area contributed by atoms with Gasteiger partial charge in [0.2, 0.25) is 0 Å². The van der Waals surface area contributed by atoms with Crippen molar-refractivity contribution < 1.29 is 5.11 Å².